The van der Waals surface area contributed by atoms with Crippen molar-refractivity contribution in [2.45, 2.75) is 39.7 Å². The molecule has 0 saturated heterocycles. The highest BCUT2D eigenvalue weighted by Gasteiger charge is 2.35. The van der Waals surface area contributed by atoms with Gasteiger partial charge in [-0.25, -0.2) is 5.01 Å². The lowest BCUT2D eigenvalue weighted by Gasteiger charge is -2.26. The van der Waals surface area contributed by atoms with E-state index in [2.05, 4.69) is 0 Å². The molecule has 0 fully saturated rings. The van der Waals surface area contributed by atoms with Crippen molar-refractivity contribution in [3.8, 4) is 11.5 Å². The highest BCUT2D eigenvalue weighted by molar-refractivity contribution is 6.05. The summed E-state index contributed by atoms with van der Waals surface area (Å²) in [5, 5.41) is 6.22. The van der Waals surface area contributed by atoms with Crippen LogP contribution in [0.1, 0.15) is 50.8 Å². The largest absolute Gasteiger partial charge is 0.497 e. The summed E-state index contributed by atoms with van der Waals surface area (Å²) in [5.74, 6) is 1.02. The molecule has 0 spiro atoms. The maximum Gasteiger partial charge on any atom is 0.262 e. The Kier molecular flexibility index (Phi) is 7.41. The first-order chi connectivity index (χ1) is 15.6. The SMILES string of the molecule is COc1ccc(C2=NN(C(=O)CN(C)C(=O)CC(C)(C)C)C(c3ccccc3)C2)c(OC)c1. The molecule has 0 N–H and O–H groups in total. The van der Waals surface area contributed by atoms with E-state index in [-0.39, 0.29) is 29.8 Å². The van der Waals surface area contributed by atoms with Gasteiger partial charge in [-0.05, 0) is 23.1 Å². The zero-order chi connectivity index (χ0) is 24.2. The molecule has 2 aromatic rings. The van der Waals surface area contributed by atoms with Gasteiger partial charge in [0.05, 0.1) is 26.0 Å². The Balaban J connectivity index is 1.90. The zero-order valence-electron chi connectivity index (χ0n) is 20.3. The van der Waals surface area contributed by atoms with Crippen LogP contribution in [-0.2, 0) is 9.59 Å². The lowest BCUT2D eigenvalue weighted by molar-refractivity contribution is -0.141. The van der Waals surface area contributed by atoms with Crippen molar-refractivity contribution in [2.75, 3.05) is 27.8 Å². The minimum Gasteiger partial charge on any atom is -0.497 e. The second kappa shape index (κ2) is 10.1. The van der Waals surface area contributed by atoms with E-state index in [1.54, 1.807) is 27.3 Å². The van der Waals surface area contributed by atoms with Gasteiger partial charge < -0.3 is 14.4 Å². The molecule has 7 heteroatoms. The number of benzene rings is 2. The van der Waals surface area contributed by atoms with Crippen molar-refractivity contribution in [2.24, 2.45) is 10.5 Å². The van der Waals surface area contributed by atoms with Gasteiger partial charge in [-0.15, -0.1) is 0 Å². The number of hydrogen-bond donors (Lipinski definition) is 0. The van der Waals surface area contributed by atoms with Crippen LogP contribution in [0.3, 0.4) is 0 Å². The van der Waals surface area contributed by atoms with Crippen molar-refractivity contribution in [1.82, 2.24) is 9.91 Å². The van der Waals surface area contributed by atoms with Crippen molar-refractivity contribution in [3.05, 3.63) is 59.7 Å². The molecule has 1 atom stereocenters. The molecule has 1 aliphatic heterocycles. The molecule has 7 nitrogen and oxygen atoms in total. The first kappa shape index (κ1) is 24.3. The van der Waals surface area contributed by atoms with Gasteiger partial charge in [-0.3, -0.25) is 9.59 Å². The minimum absolute atomic E-state index is 0.0330. The Hall–Kier alpha value is -3.35. The first-order valence-electron chi connectivity index (χ1n) is 11.0. The van der Waals surface area contributed by atoms with Crippen LogP contribution in [0.2, 0.25) is 0 Å². The smallest absolute Gasteiger partial charge is 0.262 e. The van der Waals surface area contributed by atoms with Crippen LogP contribution in [0.25, 0.3) is 0 Å². The normalized spacial score (nSPS) is 15.8. The number of amides is 2. The molecule has 1 heterocycles. The van der Waals surface area contributed by atoms with Gasteiger partial charge in [0.25, 0.3) is 5.91 Å². The summed E-state index contributed by atoms with van der Waals surface area (Å²) in [5.41, 5.74) is 2.40. The molecule has 2 amide bonds. The monoisotopic (exact) mass is 451 g/mol. The maximum absolute atomic E-state index is 13.3. The van der Waals surface area contributed by atoms with Gasteiger partial charge in [-0.2, -0.15) is 5.10 Å². The number of hydrazone groups is 1. The molecule has 1 aliphatic rings. The Morgan fingerprint density at radius 2 is 1.79 bits per heavy atom. The summed E-state index contributed by atoms with van der Waals surface area (Å²) >= 11 is 0. The van der Waals surface area contributed by atoms with Gasteiger partial charge in [0.2, 0.25) is 5.91 Å². The van der Waals surface area contributed by atoms with E-state index in [1.807, 2.05) is 63.2 Å². The number of methoxy groups -OCH3 is 2. The third-order valence-corrected chi connectivity index (χ3v) is 5.55. The second-order valence-corrected chi connectivity index (χ2v) is 9.47. The van der Waals surface area contributed by atoms with Crippen molar-refractivity contribution in [1.29, 1.82) is 0 Å². The van der Waals surface area contributed by atoms with E-state index in [9.17, 15) is 9.59 Å². The molecule has 33 heavy (non-hydrogen) atoms. The Morgan fingerprint density at radius 3 is 2.39 bits per heavy atom. The number of likely N-dealkylation sites (N-methyl/N-ethyl adjacent to an activating group) is 1. The molecule has 0 bridgehead atoms. The molecule has 1 unspecified atom stereocenters. The first-order valence-corrected chi connectivity index (χ1v) is 11.0. The number of carbonyl (C=O) groups excluding carboxylic acids is 2. The molecular formula is C26H33N3O4. The lowest BCUT2D eigenvalue weighted by Crippen LogP contribution is -2.40. The third-order valence-electron chi connectivity index (χ3n) is 5.55. The van der Waals surface area contributed by atoms with Gasteiger partial charge in [0.1, 0.15) is 18.0 Å². The number of nitrogens with zero attached hydrogens (tertiary/aromatic N) is 3. The highest BCUT2D eigenvalue weighted by atomic mass is 16.5. The van der Waals surface area contributed by atoms with Gasteiger partial charge in [-0.1, -0.05) is 51.1 Å². The Labute approximate surface area is 196 Å². The zero-order valence-corrected chi connectivity index (χ0v) is 20.3. The topological polar surface area (TPSA) is 71.4 Å². The summed E-state index contributed by atoms with van der Waals surface area (Å²) in [6.45, 7) is 5.98. The van der Waals surface area contributed by atoms with E-state index in [4.69, 9.17) is 14.6 Å². The van der Waals surface area contributed by atoms with Crippen LogP contribution in [0, 0.1) is 5.41 Å². The lowest BCUT2D eigenvalue weighted by atomic mass is 9.92. The number of hydrogen-bond acceptors (Lipinski definition) is 5. The fourth-order valence-corrected chi connectivity index (χ4v) is 3.83. The molecule has 3 rings (SSSR count). The molecule has 0 saturated carbocycles. The van der Waals surface area contributed by atoms with E-state index >= 15 is 0 Å². The third kappa shape index (κ3) is 5.92. The van der Waals surface area contributed by atoms with Crippen LogP contribution < -0.4 is 9.47 Å². The van der Waals surface area contributed by atoms with Crippen LogP contribution in [-0.4, -0.2) is 55.2 Å². The maximum atomic E-state index is 13.3. The fourth-order valence-electron chi connectivity index (χ4n) is 3.83. The van der Waals surface area contributed by atoms with Crippen LogP contribution >= 0.6 is 0 Å². The summed E-state index contributed by atoms with van der Waals surface area (Å²) in [4.78, 5) is 27.4. The second-order valence-electron chi connectivity index (χ2n) is 9.47. The Bertz CT molecular complexity index is 1030. The minimum atomic E-state index is -0.258. The average molecular weight is 452 g/mol. The van der Waals surface area contributed by atoms with Crippen LogP contribution in [0.5, 0.6) is 11.5 Å². The highest BCUT2D eigenvalue weighted by Crippen LogP contribution is 2.36. The molecule has 0 aliphatic carbocycles. The van der Waals surface area contributed by atoms with Crippen molar-refractivity contribution < 1.29 is 19.1 Å². The molecular weight excluding hydrogens is 418 g/mol. The van der Waals surface area contributed by atoms with Gasteiger partial charge in [0.15, 0.2) is 0 Å². The van der Waals surface area contributed by atoms with E-state index in [0.29, 0.717) is 24.3 Å². The predicted octanol–water partition coefficient (Wildman–Crippen LogP) is 4.28. The van der Waals surface area contributed by atoms with E-state index in [0.717, 1.165) is 16.8 Å². The van der Waals surface area contributed by atoms with Gasteiger partial charge >= 0.3 is 0 Å². The van der Waals surface area contributed by atoms with Crippen LogP contribution in [0.4, 0.5) is 0 Å². The summed E-state index contributed by atoms with van der Waals surface area (Å²) in [6, 6.07) is 15.1. The number of rotatable bonds is 7. The summed E-state index contributed by atoms with van der Waals surface area (Å²) in [6.07, 6.45) is 0.911. The molecule has 176 valence electrons. The van der Waals surface area contributed by atoms with Crippen molar-refractivity contribution >= 4 is 17.5 Å². The van der Waals surface area contributed by atoms with E-state index in [1.165, 1.54) is 9.91 Å². The predicted molar refractivity (Wildman–Crippen MR) is 128 cm³/mol. The van der Waals surface area contributed by atoms with Crippen LogP contribution in [0.15, 0.2) is 53.6 Å². The number of carbonyl (C=O) groups is 2. The summed E-state index contributed by atoms with van der Waals surface area (Å²) < 4.78 is 10.9. The quantitative estimate of drug-likeness (QED) is 0.630. The number of ether oxygens (including phenoxy) is 2. The van der Waals surface area contributed by atoms with E-state index < -0.39 is 0 Å². The average Bonchev–Trinajstić information content (AvgIpc) is 3.23. The molecule has 0 aromatic heterocycles. The fraction of sp³-hybridized carbons (Fsp3) is 0.423. The summed E-state index contributed by atoms with van der Waals surface area (Å²) in [7, 11) is 4.86. The standard InChI is InChI=1S/C26H33N3O4/c1-26(2,3)16-24(30)28(4)17-25(31)29-22(18-10-8-7-9-11-18)15-21(27-29)20-13-12-19(32-5)14-23(20)33-6/h7-14,22H,15-17H2,1-6H3. The molecule has 0 radical (unpaired) electrons. The Morgan fingerprint density at radius 1 is 1.09 bits per heavy atom. The van der Waals surface area contributed by atoms with Gasteiger partial charge in [0, 0.05) is 31.5 Å². The van der Waals surface area contributed by atoms with Crippen molar-refractivity contribution in [3.63, 3.8) is 0 Å². The molecule has 2 aromatic carbocycles.